The van der Waals surface area contributed by atoms with Crippen molar-refractivity contribution in [3.63, 3.8) is 0 Å². The molecule has 1 heteroatoms. The van der Waals surface area contributed by atoms with E-state index < -0.39 is 0 Å². The summed E-state index contributed by atoms with van der Waals surface area (Å²) in [6, 6.07) is 7.50. The van der Waals surface area contributed by atoms with Crippen molar-refractivity contribution >= 4 is 0 Å². The molecule has 0 atom stereocenters. The Bertz CT molecular complexity index is 341. The zero-order valence-corrected chi connectivity index (χ0v) is 12.6. The SMILES string of the molecule is Cc1ccc(CCCCCCNC(C)C)cc1C. The van der Waals surface area contributed by atoms with Crippen molar-refractivity contribution in [2.75, 3.05) is 6.54 Å². The van der Waals surface area contributed by atoms with Gasteiger partial charge in [-0.3, -0.25) is 0 Å². The Kier molecular flexibility index (Phi) is 7.04. The number of aryl methyl sites for hydroxylation is 3. The zero-order valence-electron chi connectivity index (χ0n) is 12.6. The summed E-state index contributed by atoms with van der Waals surface area (Å²) >= 11 is 0. The van der Waals surface area contributed by atoms with Crippen molar-refractivity contribution in [1.82, 2.24) is 5.32 Å². The Morgan fingerprint density at radius 2 is 1.67 bits per heavy atom. The second kappa shape index (κ2) is 8.31. The Morgan fingerprint density at radius 3 is 2.33 bits per heavy atom. The zero-order chi connectivity index (χ0) is 13.4. The van der Waals surface area contributed by atoms with Crippen LogP contribution in [-0.4, -0.2) is 12.6 Å². The maximum absolute atomic E-state index is 3.47. The van der Waals surface area contributed by atoms with E-state index in [-0.39, 0.29) is 0 Å². The first-order valence-electron chi connectivity index (χ1n) is 7.39. The van der Waals surface area contributed by atoms with Gasteiger partial charge in [-0.25, -0.2) is 0 Å². The van der Waals surface area contributed by atoms with E-state index in [2.05, 4.69) is 51.2 Å². The van der Waals surface area contributed by atoms with Crippen molar-refractivity contribution in [3.8, 4) is 0 Å². The molecule has 0 amide bonds. The first kappa shape index (κ1) is 15.2. The van der Waals surface area contributed by atoms with E-state index in [0.29, 0.717) is 6.04 Å². The van der Waals surface area contributed by atoms with Crippen molar-refractivity contribution in [2.24, 2.45) is 0 Å². The minimum Gasteiger partial charge on any atom is -0.315 e. The molecule has 0 aromatic heterocycles. The summed E-state index contributed by atoms with van der Waals surface area (Å²) < 4.78 is 0. The van der Waals surface area contributed by atoms with Crippen molar-refractivity contribution in [3.05, 3.63) is 34.9 Å². The molecule has 0 aliphatic heterocycles. The van der Waals surface area contributed by atoms with E-state index >= 15 is 0 Å². The van der Waals surface area contributed by atoms with Crippen molar-refractivity contribution < 1.29 is 0 Å². The summed E-state index contributed by atoms with van der Waals surface area (Å²) in [5.74, 6) is 0. The van der Waals surface area contributed by atoms with E-state index in [0.717, 1.165) is 0 Å². The van der Waals surface area contributed by atoms with E-state index in [4.69, 9.17) is 0 Å². The Balaban J connectivity index is 2.09. The van der Waals surface area contributed by atoms with Crippen LogP contribution in [0.2, 0.25) is 0 Å². The maximum atomic E-state index is 3.47. The molecule has 0 bridgehead atoms. The number of rotatable bonds is 8. The molecule has 1 aromatic rings. The molecule has 0 unspecified atom stereocenters. The average Bonchev–Trinajstić information content (AvgIpc) is 2.32. The third kappa shape index (κ3) is 6.20. The van der Waals surface area contributed by atoms with Crippen LogP contribution in [0.15, 0.2) is 18.2 Å². The van der Waals surface area contributed by atoms with E-state index in [1.54, 1.807) is 0 Å². The molecule has 0 aliphatic rings. The first-order chi connectivity index (χ1) is 8.59. The fourth-order valence-corrected chi connectivity index (χ4v) is 2.16. The molecule has 0 saturated heterocycles. The second-order valence-electron chi connectivity index (χ2n) is 5.69. The van der Waals surface area contributed by atoms with Gasteiger partial charge in [0.15, 0.2) is 0 Å². The van der Waals surface area contributed by atoms with Gasteiger partial charge in [0.05, 0.1) is 0 Å². The van der Waals surface area contributed by atoms with Gasteiger partial charge in [0.25, 0.3) is 0 Å². The summed E-state index contributed by atoms with van der Waals surface area (Å²) in [4.78, 5) is 0. The highest BCUT2D eigenvalue weighted by Crippen LogP contribution is 2.13. The van der Waals surface area contributed by atoms with Crippen LogP contribution in [0, 0.1) is 13.8 Å². The Labute approximate surface area is 113 Å². The lowest BCUT2D eigenvalue weighted by atomic mass is 10.0. The molecule has 0 aliphatic carbocycles. The highest BCUT2D eigenvalue weighted by atomic mass is 14.9. The Hall–Kier alpha value is -0.820. The van der Waals surface area contributed by atoms with Gasteiger partial charge in [0.1, 0.15) is 0 Å². The van der Waals surface area contributed by atoms with E-state index in [9.17, 15) is 0 Å². The molecule has 0 radical (unpaired) electrons. The molecule has 102 valence electrons. The molecule has 0 heterocycles. The van der Waals surface area contributed by atoms with Crippen molar-refractivity contribution in [1.29, 1.82) is 0 Å². The van der Waals surface area contributed by atoms with E-state index in [1.807, 2.05) is 0 Å². The molecule has 1 N–H and O–H groups in total. The molecule has 0 saturated carbocycles. The minimum absolute atomic E-state index is 0.625. The van der Waals surface area contributed by atoms with Gasteiger partial charge in [0, 0.05) is 6.04 Å². The molecular formula is C17H29N. The Morgan fingerprint density at radius 1 is 0.944 bits per heavy atom. The van der Waals surface area contributed by atoms with Crippen LogP contribution >= 0.6 is 0 Å². The summed E-state index contributed by atoms with van der Waals surface area (Å²) in [7, 11) is 0. The summed E-state index contributed by atoms with van der Waals surface area (Å²) in [5.41, 5.74) is 4.32. The third-order valence-electron chi connectivity index (χ3n) is 3.52. The highest BCUT2D eigenvalue weighted by molar-refractivity contribution is 5.29. The lowest BCUT2D eigenvalue weighted by Gasteiger charge is -2.08. The minimum atomic E-state index is 0.625. The highest BCUT2D eigenvalue weighted by Gasteiger charge is 1.97. The van der Waals surface area contributed by atoms with Gasteiger partial charge < -0.3 is 5.32 Å². The normalized spacial score (nSPS) is 11.2. The number of hydrogen-bond acceptors (Lipinski definition) is 1. The van der Waals surface area contributed by atoms with E-state index in [1.165, 1.54) is 55.3 Å². The van der Waals surface area contributed by atoms with Crippen LogP contribution in [-0.2, 0) is 6.42 Å². The van der Waals surface area contributed by atoms with Crippen LogP contribution in [0.4, 0.5) is 0 Å². The topological polar surface area (TPSA) is 12.0 Å². The number of nitrogens with one attached hydrogen (secondary N) is 1. The average molecular weight is 247 g/mol. The predicted molar refractivity (Wildman–Crippen MR) is 81.2 cm³/mol. The number of hydrogen-bond donors (Lipinski definition) is 1. The summed E-state index contributed by atoms with van der Waals surface area (Å²) in [6.07, 6.45) is 6.57. The van der Waals surface area contributed by atoms with Crippen LogP contribution in [0.1, 0.15) is 56.2 Å². The second-order valence-corrected chi connectivity index (χ2v) is 5.69. The molecule has 0 fully saturated rings. The standard InChI is InChI=1S/C17H29N/c1-14(2)18-12-8-6-5-7-9-17-11-10-15(3)16(4)13-17/h10-11,13-14,18H,5-9,12H2,1-4H3. The molecule has 1 rings (SSSR count). The lowest BCUT2D eigenvalue weighted by molar-refractivity contribution is 0.542. The van der Waals surface area contributed by atoms with Gasteiger partial charge in [-0.15, -0.1) is 0 Å². The fraction of sp³-hybridized carbons (Fsp3) is 0.647. The van der Waals surface area contributed by atoms with Gasteiger partial charge in [-0.05, 0) is 56.3 Å². The lowest BCUT2D eigenvalue weighted by Crippen LogP contribution is -2.23. The van der Waals surface area contributed by atoms with Gasteiger partial charge >= 0.3 is 0 Å². The first-order valence-corrected chi connectivity index (χ1v) is 7.39. The summed E-state index contributed by atoms with van der Waals surface area (Å²) in [6.45, 7) is 9.97. The van der Waals surface area contributed by atoms with Crippen LogP contribution in [0.3, 0.4) is 0 Å². The molecule has 1 aromatic carbocycles. The third-order valence-corrected chi connectivity index (χ3v) is 3.52. The van der Waals surface area contributed by atoms with Gasteiger partial charge in [0.2, 0.25) is 0 Å². The smallest absolute Gasteiger partial charge is 0.00103 e. The predicted octanol–water partition coefficient (Wildman–Crippen LogP) is 4.40. The van der Waals surface area contributed by atoms with Crippen molar-refractivity contribution in [2.45, 2.75) is 65.8 Å². The maximum Gasteiger partial charge on any atom is 0.00103 e. The fourth-order valence-electron chi connectivity index (χ4n) is 2.16. The van der Waals surface area contributed by atoms with Crippen LogP contribution in [0.5, 0.6) is 0 Å². The number of benzene rings is 1. The quantitative estimate of drug-likeness (QED) is 0.671. The van der Waals surface area contributed by atoms with Gasteiger partial charge in [-0.2, -0.15) is 0 Å². The summed E-state index contributed by atoms with van der Waals surface area (Å²) in [5, 5.41) is 3.47. The number of unbranched alkanes of at least 4 members (excludes halogenated alkanes) is 3. The van der Waals surface area contributed by atoms with Crippen LogP contribution in [0.25, 0.3) is 0 Å². The molecule has 18 heavy (non-hydrogen) atoms. The largest absolute Gasteiger partial charge is 0.315 e. The van der Waals surface area contributed by atoms with Gasteiger partial charge in [-0.1, -0.05) is 44.9 Å². The molecular weight excluding hydrogens is 218 g/mol. The van der Waals surface area contributed by atoms with Crippen LogP contribution < -0.4 is 5.32 Å². The molecule has 1 nitrogen and oxygen atoms in total. The molecule has 0 spiro atoms. The monoisotopic (exact) mass is 247 g/mol.